The van der Waals surface area contributed by atoms with Crippen LogP contribution in [0.2, 0.25) is 0 Å². The number of aromatic nitrogens is 2. The van der Waals surface area contributed by atoms with E-state index in [1.165, 1.54) is 12.8 Å². The number of amides is 2. The zero-order valence-corrected chi connectivity index (χ0v) is 9.95. The SMILES string of the molecule is Cc1cc(NC(=O)NC(C)C2CC2)n(C)n1. The zero-order valence-electron chi connectivity index (χ0n) is 9.95. The first-order valence-corrected chi connectivity index (χ1v) is 5.64. The van der Waals surface area contributed by atoms with E-state index in [-0.39, 0.29) is 12.1 Å². The molecule has 0 radical (unpaired) electrons. The molecule has 16 heavy (non-hydrogen) atoms. The van der Waals surface area contributed by atoms with Crippen molar-refractivity contribution in [2.24, 2.45) is 13.0 Å². The number of nitrogens with one attached hydrogen (secondary N) is 2. The van der Waals surface area contributed by atoms with Gasteiger partial charge in [0.05, 0.1) is 5.69 Å². The van der Waals surface area contributed by atoms with Gasteiger partial charge in [0.25, 0.3) is 0 Å². The molecule has 1 aromatic rings. The summed E-state index contributed by atoms with van der Waals surface area (Å²) in [6, 6.07) is 1.96. The van der Waals surface area contributed by atoms with Gasteiger partial charge in [-0.25, -0.2) is 4.79 Å². The molecule has 1 aliphatic carbocycles. The summed E-state index contributed by atoms with van der Waals surface area (Å²) in [4.78, 5) is 11.7. The lowest BCUT2D eigenvalue weighted by Crippen LogP contribution is -2.37. The molecule has 0 aliphatic heterocycles. The number of hydrogen-bond acceptors (Lipinski definition) is 2. The van der Waals surface area contributed by atoms with Gasteiger partial charge in [-0.05, 0) is 32.6 Å². The van der Waals surface area contributed by atoms with Gasteiger partial charge in [-0.15, -0.1) is 0 Å². The predicted molar refractivity (Wildman–Crippen MR) is 62.3 cm³/mol. The standard InChI is InChI=1S/C11H18N4O/c1-7-6-10(15(3)14-7)13-11(16)12-8(2)9-4-5-9/h6,8-9H,4-5H2,1-3H3,(H2,12,13,16). The summed E-state index contributed by atoms with van der Waals surface area (Å²) in [5.41, 5.74) is 0.896. The highest BCUT2D eigenvalue weighted by molar-refractivity contribution is 5.88. The van der Waals surface area contributed by atoms with Crippen molar-refractivity contribution < 1.29 is 4.79 Å². The highest BCUT2D eigenvalue weighted by atomic mass is 16.2. The molecule has 1 aromatic heterocycles. The van der Waals surface area contributed by atoms with Crippen molar-refractivity contribution in [3.8, 4) is 0 Å². The predicted octanol–water partition coefficient (Wildman–Crippen LogP) is 1.65. The van der Waals surface area contributed by atoms with Crippen molar-refractivity contribution in [1.29, 1.82) is 0 Å². The van der Waals surface area contributed by atoms with Crippen LogP contribution >= 0.6 is 0 Å². The molecule has 0 aromatic carbocycles. The molecule has 88 valence electrons. The minimum Gasteiger partial charge on any atom is -0.335 e. The third-order valence-corrected chi connectivity index (χ3v) is 2.93. The van der Waals surface area contributed by atoms with Crippen LogP contribution in [0.15, 0.2) is 6.07 Å². The average Bonchev–Trinajstić information content (AvgIpc) is 2.95. The van der Waals surface area contributed by atoms with E-state index in [9.17, 15) is 4.79 Å². The summed E-state index contributed by atoms with van der Waals surface area (Å²) >= 11 is 0. The normalized spacial score (nSPS) is 16.9. The smallest absolute Gasteiger partial charge is 0.320 e. The van der Waals surface area contributed by atoms with Crippen LogP contribution in [0.4, 0.5) is 10.6 Å². The summed E-state index contributed by atoms with van der Waals surface area (Å²) in [7, 11) is 1.81. The van der Waals surface area contributed by atoms with Gasteiger partial charge in [-0.1, -0.05) is 0 Å². The molecule has 1 fully saturated rings. The van der Waals surface area contributed by atoms with E-state index in [4.69, 9.17) is 0 Å². The average molecular weight is 222 g/mol. The zero-order chi connectivity index (χ0) is 11.7. The van der Waals surface area contributed by atoms with E-state index in [0.717, 1.165) is 11.5 Å². The lowest BCUT2D eigenvalue weighted by molar-refractivity contribution is 0.248. The third kappa shape index (κ3) is 2.53. The van der Waals surface area contributed by atoms with Gasteiger partial charge in [0.2, 0.25) is 0 Å². The number of hydrogen-bond donors (Lipinski definition) is 2. The van der Waals surface area contributed by atoms with Crippen LogP contribution in [0, 0.1) is 12.8 Å². The van der Waals surface area contributed by atoms with E-state index in [1.807, 2.05) is 27.0 Å². The second-order valence-electron chi connectivity index (χ2n) is 4.52. The summed E-state index contributed by atoms with van der Waals surface area (Å²) < 4.78 is 1.66. The molecule has 0 spiro atoms. The Hall–Kier alpha value is -1.52. The Morgan fingerprint density at radius 3 is 2.81 bits per heavy atom. The van der Waals surface area contributed by atoms with Gasteiger partial charge in [0, 0.05) is 19.2 Å². The van der Waals surface area contributed by atoms with Crippen molar-refractivity contribution in [3.63, 3.8) is 0 Å². The van der Waals surface area contributed by atoms with Crippen LogP contribution in [0.5, 0.6) is 0 Å². The van der Waals surface area contributed by atoms with Gasteiger partial charge in [-0.3, -0.25) is 10.00 Å². The molecule has 0 saturated heterocycles. The molecule has 5 nitrogen and oxygen atoms in total. The van der Waals surface area contributed by atoms with E-state index in [0.29, 0.717) is 5.92 Å². The summed E-state index contributed by atoms with van der Waals surface area (Å²) in [5.74, 6) is 1.39. The first kappa shape index (κ1) is 11.0. The van der Waals surface area contributed by atoms with E-state index in [1.54, 1.807) is 4.68 Å². The maximum absolute atomic E-state index is 11.7. The first-order valence-electron chi connectivity index (χ1n) is 5.64. The molecule has 5 heteroatoms. The lowest BCUT2D eigenvalue weighted by atomic mass is 10.2. The number of rotatable bonds is 3. The number of carbonyl (C=O) groups excluding carboxylic acids is 1. The van der Waals surface area contributed by atoms with Gasteiger partial charge in [-0.2, -0.15) is 5.10 Å². The molecule has 2 amide bonds. The first-order chi connectivity index (χ1) is 7.56. The van der Waals surface area contributed by atoms with Crippen molar-refractivity contribution in [1.82, 2.24) is 15.1 Å². The fourth-order valence-electron chi connectivity index (χ4n) is 1.80. The van der Waals surface area contributed by atoms with Gasteiger partial charge in [0.15, 0.2) is 0 Å². The third-order valence-electron chi connectivity index (χ3n) is 2.93. The summed E-state index contributed by atoms with van der Waals surface area (Å²) in [6.07, 6.45) is 2.46. The van der Waals surface area contributed by atoms with Crippen LogP contribution in [-0.4, -0.2) is 21.9 Å². The number of nitrogens with zero attached hydrogens (tertiary/aromatic N) is 2. The molecule has 1 aliphatic rings. The quantitative estimate of drug-likeness (QED) is 0.817. The Morgan fingerprint density at radius 1 is 1.62 bits per heavy atom. The van der Waals surface area contributed by atoms with Crippen LogP contribution < -0.4 is 10.6 Å². The van der Waals surface area contributed by atoms with E-state index < -0.39 is 0 Å². The second kappa shape index (κ2) is 4.15. The largest absolute Gasteiger partial charge is 0.335 e. The molecule has 2 rings (SSSR count). The van der Waals surface area contributed by atoms with E-state index >= 15 is 0 Å². The summed E-state index contributed by atoms with van der Waals surface area (Å²) in [5, 5.41) is 9.90. The molecule has 0 bridgehead atoms. The maximum Gasteiger partial charge on any atom is 0.320 e. The molecule has 1 heterocycles. The molecular formula is C11H18N4O. The van der Waals surface area contributed by atoms with Crippen molar-refractivity contribution >= 4 is 11.8 Å². The fourth-order valence-corrected chi connectivity index (χ4v) is 1.80. The number of anilines is 1. The maximum atomic E-state index is 11.7. The molecule has 1 unspecified atom stereocenters. The molecule has 1 atom stereocenters. The van der Waals surface area contributed by atoms with Crippen LogP contribution in [-0.2, 0) is 7.05 Å². The van der Waals surface area contributed by atoms with Crippen LogP contribution in [0.25, 0.3) is 0 Å². The van der Waals surface area contributed by atoms with Crippen LogP contribution in [0.3, 0.4) is 0 Å². The van der Waals surface area contributed by atoms with Crippen molar-refractivity contribution in [2.75, 3.05) is 5.32 Å². The Kier molecular flexibility index (Phi) is 2.85. The Balaban J connectivity index is 1.88. The fraction of sp³-hybridized carbons (Fsp3) is 0.636. The van der Waals surface area contributed by atoms with Crippen LogP contribution in [0.1, 0.15) is 25.5 Å². The van der Waals surface area contributed by atoms with Crippen molar-refractivity contribution in [3.05, 3.63) is 11.8 Å². The lowest BCUT2D eigenvalue weighted by Gasteiger charge is -2.13. The van der Waals surface area contributed by atoms with Gasteiger partial charge >= 0.3 is 6.03 Å². The highest BCUT2D eigenvalue weighted by Gasteiger charge is 2.28. The molecular weight excluding hydrogens is 204 g/mol. The van der Waals surface area contributed by atoms with Gasteiger partial charge in [0.1, 0.15) is 5.82 Å². The second-order valence-corrected chi connectivity index (χ2v) is 4.52. The number of aryl methyl sites for hydroxylation is 2. The molecule has 1 saturated carbocycles. The molecule has 2 N–H and O–H groups in total. The Morgan fingerprint density at radius 2 is 2.31 bits per heavy atom. The number of urea groups is 1. The van der Waals surface area contributed by atoms with E-state index in [2.05, 4.69) is 15.7 Å². The number of carbonyl (C=O) groups is 1. The minimum atomic E-state index is -0.151. The Bertz CT molecular complexity index is 395. The highest BCUT2D eigenvalue weighted by Crippen LogP contribution is 2.32. The monoisotopic (exact) mass is 222 g/mol. The Labute approximate surface area is 95.2 Å². The minimum absolute atomic E-state index is 0.151. The van der Waals surface area contributed by atoms with Crippen molar-refractivity contribution in [2.45, 2.75) is 32.7 Å². The topological polar surface area (TPSA) is 59.0 Å². The van der Waals surface area contributed by atoms with Gasteiger partial charge < -0.3 is 5.32 Å². The summed E-state index contributed by atoms with van der Waals surface area (Å²) in [6.45, 7) is 3.95.